The van der Waals surface area contributed by atoms with E-state index in [9.17, 15) is 5.26 Å². The average molecular weight is 404 g/mol. The summed E-state index contributed by atoms with van der Waals surface area (Å²) in [4.78, 5) is 0. The number of methoxy groups -OCH3 is 3. The van der Waals surface area contributed by atoms with E-state index in [-0.39, 0.29) is 5.88 Å². The molecular weight excluding hydrogens is 384 g/mol. The van der Waals surface area contributed by atoms with Gasteiger partial charge in [0.25, 0.3) is 0 Å². The quantitative estimate of drug-likeness (QED) is 0.670. The summed E-state index contributed by atoms with van der Waals surface area (Å²) in [5.74, 6) is 1.41. The molecule has 0 fully saturated rings. The van der Waals surface area contributed by atoms with Crippen molar-refractivity contribution in [2.75, 3.05) is 21.3 Å². The van der Waals surface area contributed by atoms with Gasteiger partial charge in [-0.2, -0.15) is 5.26 Å². The maximum atomic E-state index is 9.80. The van der Waals surface area contributed by atoms with Crippen molar-refractivity contribution in [1.29, 1.82) is 5.26 Å². The van der Waals surface area contributed by atoms with Crippen LogP contribution in [0.1, 0.15) is 17.0 Å². The van der Waals surface area contributed by atoms with Gasteiger partial charge in [-0.1, -0.05) is 30.3 Å². The van der Waals surface area contributed by atoms with E-state index < -0.39 is 5.92 Å². The topological polar surface area (TPSA) is 115 Å². The Morgan fingerprint density at radius 1 is 1.07 bits per heavy atom. The van der Waals surface area contributed by atoms with Crippen LogP contribution in [0.25, 0.3) is 11.3 Å². The van der Waals surface area contributed by atoms with E-state index in [4.69, 9.17) is 24.7 Å². The molecule has 4 rings (SSSR count). The third-order valence-corrected chi connectivity index (χ3v) is 5.03. The van der Waals surface area contributed by atoms with Gasteiger partial charge in [0.1, 0.15) is 11.6 Å². The standard InChI is InChI=1S/C22H20N4O4/c1-27-15-9-13(10-16(28-2)20(15)29-3)19-18-17(12-7-5-4-6-8-12)14(11-23)21(24)30-22(18)26-25-19/h4-10,17H,24H2,1-3H3,(H,25,26). The molecule has 152 valence electrons. The molecule has 2 heterocycles. The van der Waals surface area contributed by atoms with Gasteiger partial charge < -0.3 is 24.7 Å². The van der Waals surface area contributed by atoms with Crippen LogP contribution in [0.2, 0.25) is 0 Å². The lowest BCUT2D eigenvalue weighted by atomic mass is 9.83. The second-order valence-electron chi connectivity index (χ2n) is 6.57. The Morgan fingerprint density at radius 2 is 1.73 bits per heavy atom. The Hall–Kier alpha value is -4.12. The maximum absolute atomic E-state index is 9.80. The molecule has 30 heavy (non-hydrogen) atoms. The zero-order valence-electron chi connectivity index (χ0n) is 16.7. The van der Waals surface area contributed by atoms with Crippen LogP contribution in [0.5, 0.6) is 23.1 Å². The van der Waals surface area contributed by atoms with Crippen LogP contribution in [-0.4, -0.2) is 31.5 Å². The lowest BCUT2D eigenvalue weighted by molar-refractivity contribution is 0.324. The lowest BCUT2D eigenvalue weighted by Gasteiger charge is -2.24. The molecule has 3 N–H and O–H groups in total. The second kappa shape index (κ2) is 7.72. The predicted octanol–water partition coefficient (Wildman–Crippen LogP) is 3.32. The number of H-pyrrole nitrogens is 1. The molecule has 1 aromatic heterocycles. The highest BCUT2D eigenvalue weighted by Crippen LogP contribution is 2.48. The van der Waals surface area contributed by atoms with Gasteiger partial charge in [-0.25, -0.2) is 0 Å². The van der Waals surface area contributed by atoms with Crippen molar-refractivity contribution < 1.29 is 18.9 Å². The van der Waals surface area contributed by atoms with Crippen molar-refractivity contribution in [2.24, 2.45) is 5.73 Å². The number of ether oxygens (including phenoxy) is 4. The molecule has 8 nitrogen and oxygen atoms in total. The molecule has 0 bridgehead atoms. The first-order valence-electron chi connectivity index (χ1n) is 9.14. The van der Waals surface area contributed by atoms with Crippen LogP contribution in [-0.2, 0) is 0 Å². The Morgan fingerprint density at radius 3 is 2.30 bits per heavy atom. The fraction of sp³-hybridized carbons (Fsp3) is 0.182. The van der Waals surface area contributed by atoms with Crippen molar-refractivity contribution in [1.82, 2.24) is 10.2 Å². The number of nitrogens with two attached hydrogens (primary N) is 1. The van der Waals surface area contributed by atoms with E-state index in [1.165, 1.54) is 0 Å². The monoisotopic (exact) mass is 404 g/mol. The highest BCUT2D eigenvalue weighted by molar-refractivity contribution is 5.75. The minimum atomic E-state index is -0.437. The van der Waals surface area contributed by atoms with Crippen LogP contribution >= 0.6 is 0 Å². The van der Waals surface area contributed by atoms with E-state index in [2.05, 4.69) is 16.3 Å². The number of benzene rings is 2. The van der Waals surface area contributed by atoms with E-state index in [1.54, 1.807) is 21.3 Å². The Kier molecular flexibility index (Phi) is 4.94. The third kappa shape index (κ3) is 2.97. The predicted molar refractivity (Wildman–Crippen MR) is 109 cm³/mol. The summed E-state index contributed by atoms with van der Waals surface area (Å²) in [5, 5.41) is 17.1. The molecule has 1 aliphatic rings. The van der Waals surface area contributed by atoms with E-state index in [1.807, 2.05) is 42.5 Å². The van der Waals surface area contributed by atoms with Gasteiger partial charge in [-0.05, 0) is 17.7 Å². The first kappa shape index (κ1) is 19.2. The minimum absolute atomic E-state index is 0.0433. The van der Waals surface area contributed by atoms with Crippen LogP contribution < -0.4 is 24.7 Å². The number of aromatic amines is 1. The number of nitriles is 1. The zero-order valence-corrected chi connectivity index (χ0v) is 16.7. The smallest absolute Gasteiger partial charge is 0.244 e. The highest BCUT2D eigenvalue weighted by atomic mass is 16.5. The number of nitrogens with one attached hydrogen (secondary N) is 1. The van der Waals surface area contributed by atoms with Crippen LogP contribution in [0.3, 0.4) is 0 Å². The fourth-order valence-electron chi connectivity index (χ4n) is 3.67. The molecule has 2 aromatic carbocycles. The molecular formula is C22H20N4O4. The van der Waals surface area contributed by atoms with Gasteiger partial charge in [-0.15, -0.1) is 5.10 Å². The number of nitrogens with zero attached hydrogens (tertiary/aromatic N) is 2. The van der Waals surface area contributed by atoms with Crippen LogP contribution in [0.15, 0.2) is 53.9 Å². The molecule has 0 saturated carbocycles. The normalized spacial score (nSPS) is 15.1. The maximum Gasteiger partial charge on any atom is 0.244 e. The number of allylic oxidation sites excluding steroid dienone is 1. The van der Waals surface area contributed by atoms with Crippen molar-refractivity contribution in [3.63, 3.8) is 0 Å². The molecule has 3 aromatic rings. The summed E-state index contributed by atoms with van der Waals surface area (Å²) >= 11 is 0. The highest BCUT2D eigenvalue weighted by Gasteiger charge is 2.35. The molecule has 0 radical (unpaired) electrons. The number of fused-ring (bicyclic) bond motifs is 1. The molecule has 0 amide bonds. The van der Waals surface area contributed by atoms with Gasteiger partial charge in [0, 0.05) is 5.56 Å². The van der Waals surface area contributed by atoms with Crippen molar-refractivity contribution in [3.8, 4) is 40.5 Å². The molecule has 0 saturated heterocycles. The molecule has 0 aliphatic carbocycles. The number of rotatable bonds is 5. The van der Waals surface area contributed by atoms with E-state index in [0.29, 0.717) is 40.0 Å². The SMILES string of the molecule is COc1cc(-c2[nH]nc3c2C(c2ccccc2)C(C#N)=C(N)O3)cc(OC)c1OC. The summed E-state index contributed by atoms with van der Waals surface area (Å²) < 4.78 is 22.0. The van der Waals surface area contributed by atoms with Crippen LogP contribution in [0, 0.1) is 11.3 Å². The number of aromatic nitrogens is 2. The summed E-state index contributed by atoms with van der Waals surface area (Å²) in [6, 6.07) is 15.4. The minimum Gasteiger partial charge on any atom is -0.493 e. The lowest BCUT2D eigenvalue weighted by Crippen LogP contribution is -2.20. The zero-order chi connectivity index (χ0) is 21.3. The molecule has 1 aliphatic heterocycles. The molecule has 0 spiro atoms. The van der Waals surface area contributed by atoms with Gasteiger partial charge in [0.05, 0.1) is 38.5 Å². The van der Waals surface area contributed by atoms with Crippen molar-refractivity contribution in [3.05, 3.63) is 65.0 Å². The van der Waals surface area contributed by atoms with E-state index >= 15 is 0 Å². The summed E-state index contributed by atoms with van der Waals surface area (Å²) in [6.07, 6.45) is 0. The van der Waals surface area contributed by atoms with Gasteiger partial charge in [0.2, 0.25) is 17.5 Å². The number of hydrogen-bond acceptors (Lipinski definition) is 7. The van der Waals surface area contributed by atoms with Gasteiger partial charge in [-0.3, -0.25) is 5.10 Å². The third-order valence-electron chi connectivity index (χ3n) is 5.03. The summed E-state index contributed by atoms with van der Waals surface area (Å²) in [7, 11) is 4.65. The summed E-state index contributed by atoms with van der Waals surface area (Å²) in [5.41, 5.74) is 9.37. The van der Waals surface area contributed by atoms with E-state index in [0.717, 1.165) is 11.1 Å². The van der Waals surface area contributed by atoms with Gasteiger partial charge in [0.15, 0.2) is 11.5 Å². The Bertz CT molecular complexity index is 1140. The first-order valence-corrected chi connectivity index (χ1v) is 9.14. The molecule has 1 atom stereocenters. The summed E-state index contributed by atoms with van der Waals surface area (Å²) in [6.45, 7) is 0. The number of hydrogen-bond donors (Lipinski definition) is 2. The average Bonchev–Trinajstić information content (AvgIpc) is 3.20. The molecule has 1 unspecified atom stereocenters. The first-order chi connectivity index (χ1) is 14.6. The molecule has 8 heteroatoms. The Balaban J connectivity index is 1.95. The largest absolute Gasteiger partial charge is 0.493 e. The van der Waals surface area contributed by atoms with Crippen molar-refractivity contribution in [2.45, 2.75) is 5.92 Å². The van der Waals surface area contributed by atoms with Crippen molar-refractivity contribution >= 4 is 0 Å². The fourth-order valence-corrected chi connectivity index (χ4v) is 3.67. The van der Waals surface area contributed by atoms with Gasteiger partial charge >= 0.3 is 0 Å². The second-order valence-corrected chi connectivity index (χ2v) is 6.57. The Labute approximate surface area is 173 Å². The van der Waals surface area contributed by atoms with Crippen LogP contribution in [0.4, 0.5) is 0 Å².